The van der Waals surface area contributed by atoms with Crippen molar-refractivity contribution in [3.63, 3.8) is 0 Å². The first-order chi connectivity index (χ1) is 23.3. The number of rotatable bonds is 2. The number of halogens is 1. The zero-order chi connectivity index (χ0) is 35.2. The average molecular weight is 655 g/mol. The summed E-state index contributed by atoms with van der Waals surface area (Å²) in [5.41, 5.74) is 4.64. The van der Waals surface area contributed by atoms with Gasteiger partial charge in [-0.05, 0) is 108 Å². The third kappa shape index (κ3) is 8.61. The molecule has 0 radical (unpaired) electrons. The van der Waals surface area contributed by atoms with E-state index in [1.165, 1.54) is 12.1 Å². The Kier molecular flexibility index (Phi) is 10.6. The Labute approximate surface area is 289 Å². The van der Waals surface area contributed by atoms with Crippen LogP contribution < -0.4 is 0 Å². The molecule has 2 aromatic heterocycles. The van der Waals surface area contributed by atoms with Gasteiger partial charge >= 0.3 is 0 Å². The van der Waals surface area contributed by atoms with Crippen LogP contribution in [-0.4, -0.2) is 56.8 Å². The summed E-state index contributed by atoms with van der Waals surface area (Å²) in [5.74, 6) is 11.8. The van der Waals surface area contributed by atoms with Gasteiger partial charge in [-0.25, -0.2) is 4.39 Å². The van der Waals surface area contributed by atoms with Gasteiger partial charge in [0.05, 0.1) is 23.2 Å². The van der Waals surface area contributed by atoms with E-state index in [0.29, 0.717) is 5.56 Å². The maximum absolute atomic E-state index is 13.2. The molecule has 2 aromatic carbocycles. The van der Waals surface area contributed by atoms with E-state index in [0.717, 1.165) is 53.8 Å². The second-order valence-electron chi connectivity index (χ2n) is 13.9. The van der Waals surface area contributed by atoms with Gasteiger partial charge in [0.25, 0.3) is 0 Å². The summed E-state index contributed by atoms with van der Waals surface area (Å²) in [6, 6.07) is 23.7. The Morgan fingerprint density at radius 2 is 1.06 bits per heavy atom. The predicted molar refractivity (Wildman–Crippen MR) is 191 cm³/mol. The highest BCUT2D eigenvalue weighted by molar-refractivity contribution is 5.85. The molecule has 2 unspecified atom stereocenters. The van der Waals surface area contributed by atoms with Crippen LogP contribution in [0.3, 0.4) is 0 Å². The molecule has 0 N–H and O–H groups in total. The molecule has 2 fully saturated rings. The lowest BCUT2D eigenvalue weighted by atomic mass is 9.83. The molecule has 4 aromatic rings. The molecule has 6 rings (SSSR count). The number of aromatic nitrogens is 2. The second kappa shape index (κ2) is 14.9. The Morgan fingerprint density at radius 1 is 0.612 bits per heavy atom. The minimum atomic E-state index is -0.303. The minimum absolute atomic E-state index is 0.0747. The molecular formula is C42H43FN4O2. The number of likely N-dealkylation sites (N-methyl/N-ethyl adjacent to an activating group) is 2. The van der Waals surface area contributed by atoms with Crippen LogP contribution in [0, 0.1) is 29.5 Å². The Hall–Kier alpha value is -5.27. The summed E-state index contributed by atoms with van der Waals surface area (Å²) in [4.78, 5) is 37.8. The molecule has 250 valence electrons. The summed E-state index contributed by atoms with van der Waals surface area (Å²) in [6.45, 7) is 8.38. The number of carbonyl (C=O) groups excluding carboxylic acids is 2. The molecule has 0 spiro atoms. The zero-order valence-electron chi connectivity index (χ0n) is 29.1. The number of hydrogen-bond acceptors (Lipinski definition) is 4. The van der Waals surface area contributed by atoms with E-state index in [9.17, 15) is 14.0 Å². The van der Waals surface area contributed by atoms with Gasteiger partial charge in [-0.1, -0.05) is 47.9 Å². The van der Waals surface area contributed by atoms with Crippen molar-refractivity contribution >= 4 is 11.8 Å². The third-order valence-corrected chi connectivity index (χ3v) is 9.75. The number of benzene rings is 2. The number of carbonyl (C=O) groups is 2. The lowest BCUT2D eigenvalue weighted by molar-refractivity contribution is -0.141. The molecular weight excluding hydrogens is 611 g/mol. The smallest absolute Gasteiger partial charge is 0.231 e. The van der Waals surface area contributed by atoms with Gasteiger partial charge in [0, 0.05) is 59.8 Å². The lowest BCUT2D eigenvalue weighted by Crippen LogP contribution is -2.51. The quantitative estimate of drug-likeness (QED) is 0.212. The van der Waals surface area contributed by atoms with Crippen LogP contribution in [0.25, 0.3) is 0 Å². The van der Waals surface area contributed by atoms with E-state index in [1.807, 2.05) is 78.5 Å². The largest absolute Gasteiger partial charge is 0.340 e. The number of hydrogen-bond donors (Lipinski definition) is 0. The predicted octanol–water partition coefficient (Wildman–Crippen LogP) is 7.33. The topological polar surface area (TPSA) is 66.4 Å². The van der Waals surface area contributed by atoms with Gasteiger partial charge < -0.3 is 9.80 Å². The van der Waals surface area contributed by atoms with Crippen molar-refractivity contribution in [2.75, 3.05) is 14.1 Å². The maximum atomic E-state index is 13.2. The number of nitrogens with zero attached hydrogens (tertiary/aromatic N) is 4. The number of amides is 2. The van der Waals surface area contributed by atoms with Gasteiger partial charge in [0.1, 0.15) is 5.82 Å². The maximum Gasteiger partial charge on any atom is 0.231 e. The first-order valence-electron chi connectivity index (χ1n) is 16.7. The molecule has 2 saturated heterocycles. The van der Waals surface area contributed by atoms with Gasteiger partial charge in [-0.2, -0.15) is 0 Å². The zero-order valence-corrected chi connectivity index (χ0v) is 29.1. The molecule has 7 heteroatoms. The summed E-state index contributed by atoms with van der Waals surface area (Å²) in [5, 5.41) is 0. The van der Waals surface area contributed by atoms with Crippen molar-refractivity contribution in [3.8, 4) is 23.7 Å². The molecule has 0 saturated carbocycles. The molecule has 0 bridgehead atoms. The molecule has 2 amide bonds. The van der Waals surface area contributed by atoms with Crippen molar-refractivity contribution in [3.05, 3.63) is 131 Å². The molecule has 49 heavy (non-hydrogen) atoms. The monoisotopic (exact) mass is 654 g/mol. The van der Waals surface area contributed by atoms with E-state index in [4.69, 9.17) is 0 Å². The highest BCUT2D eigenvalue weighted by Gasteiger charge is 2.40. The van der Waals surface area contributed by atoms with Gasteiger partial charge in [0.15, 0.2) is 0 Å². The van der Waals surface area contributed by atoms with Gasteiger partial charge in [-0.3, -0.25) is 19.6 Å². The van der Waals surface area contributed by atoms with Crippen molar-refractivity contribution < 1.29 is 14.0 Å². The van der Waals surface area contributed by atoms with Crippen LogP contribution in [0.2, 0.25) is 0 Å². The summed E-state index contributed by atoms with van der Waals surface area (Å²) >= 11 is 0. The fourth-order valence-electron chi connectivity index (χ4n) is 5.94. The lowest BCUT2D eigenvalue weighted by Gasteiger charge is -2.42. The van der Waals surface area contributed by atoms with Crippen LogP contribution >= 0.6 is 0 Å². The van der Waals surface area contributed by atoms with Crippen LogP contribution in [0.1, 0.15) is 98.9 Å². The number of pyridine rings is 2. The molecule has 2 aliphatic heterocycles. The molecule has 2 atom stereocenters. The Morgan fingerprint density at radius 3 is 1.51 bits per heavy atom. The minimum Gasteiger partial charge on any atom is -0.340 e. The van der Waals surface area contributed by atoms with E-state index >= 15 is 0 Å². The van der Waals surface area contributed by atoms with Crippen molar-refractivity contribution in [2.45, 2.75) is 76.3 Å². The summed E-state index contributed by atoms with van der Waals surface area (Å²) < 4.78 is 13.2. The van der Waals surface area contributed by atoms with E-state index in [-0.39, 0.29) is 40.5 Å². The first-order valence-corrected chi connectivity index (χ1v) is 16.7. The standard InChI is InChI=1S/C21H21FN2O.C21H22N2O/c1-21(2)12-11-18(20(25)24(21)3)19-10-9-16(14-23-19)8-7-15-5-4-6-17(22)13-15;1-21(2)14-13-18(20(24)23(21)3)19-12-11-17(15-22-19)10-9-16-7-5-4-6-8-16/h4-6,9-10,13-14,18H,11-12H2,1-3H3;4-8,11-12,15,18H,13-14H2,1-3H3. The second-order valence-corrected chi connectivity index (χ2v) is 13.9. The SMILES string of the molecule is CN1C(=O)C(c2ccc(C#Cc3cccc(F)c3)cn2)CCC1(C)C.CN1C(=O)C(c2ccc(C#Cc3ccccc3)cn2)CCC1(C)C. The fraction of sp³-hybridized carbons (Fsp3) is 0.333. The third-order valence-electron chi connectivity index (χ3n) is 9.75. The van der Waals surface area contributed by atoms with E-state index < -0.39 is 0 Å². The highest BCUT2D eigenvalue weighted by Crippen LogP contribution is 2.36. The fourth-order valence-corrected chi connectivity index (χ4v) is 5.94. The van der Waals surface area contributed by atoms with Crippen LogP contribution in [0.15, 0.2) is 91.3 Å². The van der Waals surface area contributed by atoms with Crippen LogP contribution in [-0.2, 0) is 9.59 Å². The number of likely N-dealkylation sites (tertiary alicyclic amines) is 2. The molecule has 6 nitrogen and oxygen atoms in total. The van der Waals surface area contributed by atoms with Gasteiger partial charge in [-0.15, -0.1) is 0 Å². The Balaban J connectivity index is 0.000000191. The Bertz CT molecular complexity index is 1910. The molecule has 4 heterocycles. The number of piperidine rings is 2. The average Bonchev–Trinajstić information content (AvgIpc) is 3.09. The van der Waals surface area contributed by atoms with Crippen molar-refractivity contribution in [1.82, 2.24) is 19.8 Å². The van der Waals surface area contributed by atoms with E-state index in [2.05, 4.69) is 61.3 Å². The summed E-state index contributed by atoms with van der Waals surface area (Å²) in [6.07, 6.45) is 7.02. The molecule has 2 aliphatic rings. The normalized spacial score (nSPS) is 19.4. The van der Waals surface area contributed by atoms with Crippen LogP contribution in [0.4, 0.5) is 4.39 Å². The van der Waals surface area contributed by atoms with Crippen molar-refractivity contribution in [2.24, 2.45) is 0 Å². The first kappa shape index (κ1) is 35.0. The molecule has 0 aliphatic carbocycles. The van der Waals surface area contributed by atoms with E-state index in [1.54, 1.807) is 24.5 Å². The summed E-state index contributed by atoms with van der Waals surface area (Å²) in [7, 11) is 3.74. The van der Waals surface area contributed by atoms with Gasteiger partial charge in [0.2, 0.25) is 11.8 Å². The highest BCUT2D eigenvalue weighted by atomic mass is 19.1. The van der Waals surface area contributed by atoms with Crippen LogP contribution in [0.5, 0.6) is 0 Å². The van der Waals surface area contributed by atoms with Crippen molar-refractivity contribution in [1.29, 1.82) is 0 Å².